The average molecular weight is 793 g/mol. The molecule has 5 aromatic rings. The van der Waals surface area contributed by atoms with Crippen molar-refractivity contribution in [2.45, 2.75) is 32.0 Å². The van der Waals surface area contributed by atoms with Crippen molar-refractivity contribution in [3.8, 4) is 62.5 Å². The van der Waals surface area contributed by atoms with Crippen LogP contribution in [0.2, 0.25) is 0 Å². The third kappa shape index (κ3) is 9.80. The van der Waals surface area contributed by atoms with Crippen molar-refractivity contribution in [3.63, 3.8) is 0 Å². The number of ether oxygens (including phenoxy) is 7. The molecule has 1 fully saturated rings. The summed E-state index contributed by atoms with van der Waals surface area (Å²) in [5.74, 6) is 4.47. The molecule has 4 aromatic carbocycles. The van der Waals surface area contributed by atoms with E-state index in [9.17, 15) is 0 Å². The van der Waals surface area contributed by atoms with Gasteiger partial charge in [-0.25, -0.2) is 0 Å². The van der Waals surface area contributed by atoms with E-state index in [-0.39, 0.29) is 24.8 Å². The Labute approximate surface area is 337 Å². The molecule has 55 heavy (non-hydrogen) atoms. The summed E-state index contributed by atoms with van der Waals surface area (Å²) in [6.07, 6.45) is 5.88. The fourth-order valence-electron chi connectivity index (χ4n) is 7.13. The number of likely N-dealkylation sites (tertiary alicyclic amines) is 1. The van der Waals surface area contributed by atoms with Crippen LogP contribution in [0, 0.1) is 0 Å². The second-order valence-corrected chi connectivity index (χ2v) is 12.9. The summed E-state index contributed by atoms with van der Waals surface area (Å²) >= 11 is 0. The summed E-state index contributed by atoms with van der Waals surface area (Å²) in [7, 11) is 11.5. The molecule has 0 atom stereocenters. The molecule has 1 aliphatic rings. The van der Waals surface area contributed by atoms with Crippen molar-refractivity contribution in [2.24, 2.45) is 0 Å². The molecule has 0 radical (unpaired) electrons. The monoisotopic (exact) mass is 791 g/mol. The summed E-state index contributed by atoms with van der Waals surface area (Å²) in [6.45, 7) is 3.52. The predicted octanol–water partition coefficient (Wildman–Crippen LogP) is 8.99. The number of nitrogens with zero attached hydrogens (tertiary/aromatic N) is 3. The van der Waals surface area contributed by atoms with E-state index in [1.165, 1.54) is 11.3 Å². The molecule has 294 valence electrons. The SMILES string of the molecule is COc1ccc(N(Cc2cccc(-c3cc(OC)c(OC)c(OC)c3)c2)C2CCN(Cc3cncc(-c4cc(OC)c(OC)c(OC)c4)c3)CC2)cc1.Cl.Cl. The summed E-state index contributed by atoms with van der Waals surface area (Å²) < 4.78 is 39.1. The van der Waals surface area contributed by atoms with Gasteiger partial charge in [-0.1, -0.05) is 18.2 Å². The van der Waals surface area contributed by atoms with Crippen LogP contribution in [0.4, 0.5) is 5.69 Å². The molecule has 0 bridgehead atoms. The van der Waals surface area contributed by atoms with Crippen LogP contribution in [0.5, 0.6) is 40.2 Å². The van der Waals surface area contributed by atoms with E-state index in [2.05, 4.69) is 57.2 Å². The zero-order valence-corrected chi connectivity index (χ0v) is 34.1. The average Bonchev–Trinajstić information content (AvgIpc) is 3.22. The first-order valence-corrected chi connectivity index (χ1v) is 17.7. The van der Waals surface area contributed by atoms with E-state index in [0.717, 1.165) is 72.6 Å². The maximum atomic E-state index is 5.64. The van der Waals surface area contributed by atoms with Crippen molar-refractivity contribution in [1.82, 2.24) is 9.88 Å². The number of piperidine rings is 1. The zero-order valence-electron chi connectivity index (χ0n) is 32.5. The van der Waals surface area contributed by atoms with Crippen molar-refractivity contribution in [1.29, 1.82) is 0 Å². The molecule has 0 spiro atoms. The van der Waals surface area contributed by atoms with Gasteiger partial charge in [0, 0.05) is 55.9 Å². The maximum absolute atomic E-state index is 5.64. The van der Waals surface area contributed by atoms with Gasteiger partial charge in [-0.15, -0.1) is 24.8 Å². The number of benzene rings is 4. The first kappa shape index (κ1) is 42.7. The number of aromatic nitrogens is 1. The summed E-state index contributed by atoms with van der Waals surface area (Å²) in [5, 5.41) is 0. The lowest BCUT2D eigenvalue weighted by atomic mass is 9.98. The number of pyridine rings is 1. The smallest absolute Gasteiger partial charge is 0.203 e. The van der Waals surface area contributed by atoms with Gasteiger partial charge in [-0.05, 0) is 101 Å². The molecule has 0 N–H and O–H groups in total. The van der Waals surface area contributed by atoms with Gasteiger partial charge in [-0.3, -0.25) is 9.88 Å². The van der Waals surface area contributed by atoms with Crippen LogP contribution >= 0.6 is 24.8 Å². The molecule has 1 aromatic heterocycles. The van der Waals surface area contributed by atoms with Gasteiger partial charge in [-0.2, -0.15) is 0 Å². The molecular formula is C43H51Cl2N3O7. The summed E-state index contributed by atoms with van der Waals surface area (Å²) in [5.41, 5.74) is 7.57. The summed E-state index contributed by atoms with van der Waals surface area (Å²) in [6, 6.07) is 27.5. The number of halogens is 2. The van der Waals surface area contributed by atoms with Gasteiger partial charge >= 0.3 is 0 Å². The number of hydrogen-bond acceptors (Lipinski definition) is 10. The third-order valence-electron chi connectivity index (χ3n) is 9.88. The number of hydrogen-bond donors (Lipinski definition) is 0. The molecule has 0 aliphatic carbocycles. The molecule has 0 unspecified atom stereocenters. The highest BCUT2D eigenvalue weighted by molar-refractivity contribution is 5.85. The molecule has 12 heteroatoms. The van der Waals surface area contributed by atoms with E-state index in [1.54, 1.807) is 49.8 Å². The fraction of sp³-hybridized carbons (Fsp3) is 0.326. The number of methoxy groups -OCH3 is 7. The second kappa shape index (κ2) is 20.0. The minimum absolute atomic E-state index is 0. The molecular weight excluding hydrogens is 741 g/mol. The minimum Gasteiger partial charge on any atom is -0.497 e. The van der Waals surface area contributed by atoms with Gasteiger partial charge in [0.05, 0.1) is 49.8 Å². The molecule has 10 nitrogen and oxygen atoms in total. The van der Waals surface area contributed by atoms with Gasteiger partial charge in [0.25, 0.3) is 0 Å². The van der Waals surface area contributed by atoms with Crippen molar-refractivity contribution in [3.05, 3.63) is 102 Å². The Morgan fingerprint density at radius 2 is 1.09 bits per heavy atom. The second-order valence-electron chi connectivity index (χ2n) is 12.9. The predicted molar refractivity (Wildman–Crippen MR) is 223 cm³/mol. The van der Waals surface area contributed by atoms with Gasteiger partial charge in [0.1, 0.15) is 5.75 Å². The molecule has 0 amide bonds. The van der Waals surface area contributed by atoms with Crippen LogP contribution in [-0.2, 0) is 13.1 Å². The highest BCUT2D eigenvalue weighted by Gasteiger charge is 2.26. The number of rotatable bonds is 15. The van der Waals surface area contributed by atoms with Crippen LogP contribution in [-0.4, -0.2) is 78.8 Å². The first-order valence-electron chi connectivity index (χ1n) is 17.7. The Morgan fingerprint density at radius 1 is 0.564 bits per heavy atom. The highest BCUT2D eigenvalue weighted by atomic mass is 35.5. The highest BCUT2D eigenvalue weighted by Crippen LogP contribution is 2.43. The Morgan fingerprint density at radius 3 is 1.60 bits per heavy atom. The topological polar surface area (TPSA) is 84.0 Å². The normalized spacial score (nSPS) is 12.8. The van der Waals surface area contributed by atoms with Gasteiger partial charge < -0.3 is 38.1 Å². The summed E-state index contributed by atoms with van der Waals surface area (Å²) in [4.78, 5) is 9.66. The Bertz CT molecular complexity index is 1940. The Balaban J connectivity index is 0.00000336. The lowest BCUT2D eigenvalue weighted by molar-refractivity contribution is 0.200. The first-order chi connectivity index (χ1) is 25.9. The fourth-order valence-corrected chi connectivity index (χ4v) is 7.13. The standard InChI is InChI=1S/C43H49N3O7.2ClH/c1-47-37-13-11-35(12-14-37)46(28-29-9-8-10-31(19-29)32-21-38(48-2)42(52-6)39(22-32)49-3)36-15-17-45(18-16-36)27-30-20-34(26-44-25-30)33-23-40(50-4)43(53-7)41(24-33)51-5;;/h8-14,19-26,36H,15-18,27-28H2,1-7H3;2*1H. The molecule has 1 saturated heterocycles. The molecule has 6 rings (SSSR count). The van der Waals surface area contributed by atoms with E-state index in [4.69, 9.17) is 33.2 Å². The maximum Gasteiger partial charge on any atom is 0.203 e. The molecule has 2 heterocycles. The van der Waals surface area contributed by atoms with Crippen LogP contribution in [0.1, 0.15) is 24.0 Å². The quantitative estimate of drug-likeness (QED) is 0.103. The van der Waals surface area contributed by atoms with Crippen molar-refractivity contribution < 1.29 is 33.2 Å². The van der Waals surface area contributed by atoms with Crippen LogP contribution in [0.3, 0.4) is 0 Å². The van der Waals surface area contributed by atoms with E-state index < -0.39 is 0 Å². The van der Waals surface area contributed by atoms with Crippen molar-refractivity contribution in [2.75, 3.05) is 67.8 Å². The third-order valence-corrected chi connectivity index (χ3v) is 9.88. The van der Waals surface area contributed by atoms with Crippen molar-refractivity contribution >= 4 is 30.5 Å². The lowest BCUT2D eigenvalue weighted by Crippen LogP contribution is -2.44. The Hall–Kier alpha value is -5.03. The van der Waals surface area contributed by atoms with E-state index >= 15 is 0 Å². The van der Waals surface area contributed by atoms with E-state index in [0.29, 0.717) is 40.5 Å². The zero-order chi connectivity index (χ0) is 37.3. The van der Waals surface area contributed by atoms with Crippen LogP contribution in [0.15, 0.2) is 91.3 Å². The largest absolute Gasteiger partial charge is 0.497 e. The minimum atomic E-state index is 0. The molecule has 1 aliphatic heterocycles. The van der Waals surface area contributed by atoms with Crippen LogP contribution in [0.25, 0.3) is 22.3 Å². The van der Waals surface area contributed by atoms with Gasteiger partial charge in [0.2, 0.25) is 11.5 Å². The molecule has 0 saturated carbocycles. The lowest BCUT2D eigenvalue weighted by Gasteiger charge is -2.40. The van der Waals surface area contributed by atoms with Gasteiger partial charge in [0.15, 0.2) is 23.0 Å². The number of anilines is 1. The van der Waals surface area contributed by atoms with E-state index in [1.807, 2.05) is 48.8 Å². The van der Waals surface area contributed by atoms with Crippen LogP contribution < -0.4 is 38.1 Å². The Kier molecular flexibility index (Phi) is 15.6.